The molecule has 0 aromatic carbocycles. The lowest BCUT2D eigenvalue weighted by atomic mass is 10.2. The minimum atomic E-state index is -0.201. The summed E-state index contributed by atoms with van der Waals surface area (Å²) in [4.78, 5) is 23.4. The van der Waals surface area contributed by atoms with Crippen LogP contribution in [0.3, 0.4) is 0 Å². The van der Waals surface area contributed by atoms with Crippen LogP contribution in [-0.2, 0) is 19.1 Å². The van der Waals surface area contributed by atoms with Gasteiger partial charge in [-0.1, -0.05) is 12.7 Å². The molecule has 7 heteroatoms. The maximum absolute atomic E-state index is 11.8. The largest absolute Gasteiger partial charge is 0.390 e. The van der Waals surface area contributed by atoms with E-state index in [0.717, 1.165) is 12.8 Å². The highest BCUT2D eigenvalue weighted by atomic mass is 16.5. The van der Waals surface area contributed by atoms with Crippen molar-refractivity contribution in [3.63, 3.8) is 0 Å². The standard InChI is InChI=1S/C16H29N3O4/c1-4-14(16(21)19-9-6-12-23-3)13-17-10-7-15(20)18-8-5-11-22-2/h4,13,17H,1,5-12H2,2-3H3,(H,18,20)(H,19,21)/b14-13+. The summed E-state index contributed by atoms with van der Waals surface area (Å²) in [6.45, 7) is 6.44. The average molecular weight is 327 g/mol. The minimum Gasteiger partial charge on any atom is -0.390 e. The molecule has 0 aromatic heterocycles. The Morgan fingerprint density at radius 1 is 1.00 bits per heavy atom. The van der Waals surface area contributed by atoms with Gasteiger partial charge in [0.2, 0.25) is 5.91 Å². The molecule has 132 valence electrons. The van der Waals surface area contributed by atoms with E-state index in [-0.39, 0.29) is 11.8 Å². The maximum atomic E-state index is 11.8. The predicted molar refractivity (Wildman–Crippen MR) is 89.9 cm³/mol. The number of carbonyl (C=O) groups excluding carboxylic acids is 2. The second-order valence-corrected chi connectivity index (χ2v) is 4.81. The van der Waals surface area contributed by atoms with E-state index >= 15 is 0 Å². The quantitative estimate of drug-likeness (QED) is 0.243. The van der Waals surface area contributed by atoms with Gasteiger partial charge in [0, 0.05) is 59.7 Å². The zero-order chi connectivity index (χ0) is 17.3. The molecule has 0 saturated carbocycles. The normalized spacial score (nSPS) is 11.0. The molecular weight excluding hydrogens is 298 g/mol. The molecule has 0 heterocycles. The molecule has 23 heavy (non-hydrogen) atoms. The van der Waals surface area contributed by atoms with Crippen LogP contribution < -0.4 is 16.0 Å². The summed E-state index contributed by atoms with van der Waals surface area (Å²) < 4.78 is 9.81. The van der Waals surface area contributed by atoms with Crippen LogP contribution in [0.15, 0.2) is 24.4 Å². The molecule has 0 aliphatic carbocycles. The average Bonchev–Trinajstić information content (AvgIpc) is 2.55. The first-order chi connectivity index (χ1) is 11.2. The van der Waals surface area contributed by atoms with E-state index < -0.39 is 0 Å². The van der Waals surface area contributed by atoms with E-state index in [1.807, 2.05) is 0 Å². The van der Waals surface area contributed by atoms with E-state index in [1.54, 1.807) is 20.4 Å². The van der Waals surface area contributed by atoms with Gasteiger partial charge in [0.25, 0.3) is 5.91 Å². The summed E-state index contributed by atoms with van der Waals surface area (Å²) in [7, 11) is 3.25. The summed E-state index contributed by atoms with van der Waals surface area (Å²) in [5, 5.41) is 8.51. The minimum absolute atomic E-state index is 0.0360. The van der Waals surface area contributed by atoms with Crippen LogP contribution in [0.25, 0.3) is 0 Å². The fourth-order valence-electron chi connectivity index (χ4n) is 1.64. The monoisotopic (exact) mass is 327 g/mol. The molecule has 0 bridgehead atoms. The Labute approximate surface area is 138 Å². The number of carbonyl (C=O) groups is 2. The van der Waals surface area contributed by atoms with Gasteiger partial charge in [-0.25, -0.2) is 0 Å². The lowest BCUT2D eigenvalue weighted by Crippen LogP contribution is -2.29. The van der Waals surface area contributed by atoms with Crippen molar-refractivity contribution in [2.24, 2.45) is 0 Å². The topological polar surface area (TPSA) is 88.7 Å². The number of rotatable bonds is 14. The Morgan fingerprint density at radius 3 is 2.17 bits per heavy atom. The van der Waals surface area contributed by atoms with Crippen LogP contribution in [0.1, 0.15) is 19.3 Å². The second-order valence-electron chi connectivity index (χ2n) is 4.81. The van der Waals surface area contributed by atoms with Crippen LogP contribution >= 0.6 is 0 Å². The van der Waals surface area contributed by atoms with Gasteiger partial charge in [0.15, 0.2) is 0 Å². The van der Waals surface area contributed by atoms with E-state index in [4.69, 9.17) is 9.47 Å². The van der Waals surface area contributed by atoms with Crippen molar-refractivity contribution in [3.05, 3.63) is 24.4 Å². The molecule has 2 amide bonds. The van der Waals surface area contributed by atoms with E-state index in [0.29, 0.717) is 44.8 Å². The Morgan fingerprint density at radius 2 is 1.61 bits per heavy atom. The Kier molecular flexibility index (Phi) is 13.8. The van der Waals surface area contributed by atoms with E-state index in [9.17, 15) is 9.59 Å². The van der Waals surface area contributed by atoms with Crippen molar-refractivity contribution in [2.75, 3.05) is 47.1 Å². The Balaban J connectivity index is 3.89. The third-order valence-electron chi connectivity index (χ3n) is 2.89. The van der Waals surface area contributed by atoms with Gasteiger partial charge in [-0.15, -0.1) is 0 Å². The van der Waals surface area contributed by atoms with Crippen molar-refractivity contribution in [1.82, 2.24) is 16.0 Å². The van der Waals surface area contributed by atoms with Crippen LogP contribution in [-0.4, -0.2) is 58.9 Å². The van der Waals surface area contributed by atoms with E-state index in [2.05, 4.69) is 22.5 Å². The number of hydrogen-bond acceptors (Lipinski definition) is 5. The number of amides is 2. The molecule has 0 atom stereocenters. The van der Waals surface area contributed by atoms with Crippen LogP contribution in [0.2, 0.25) is 0 Å². The molecule has 0 saturated heterocycles. The molecule has 0 spiro atoms. The molecule has 0 radical (unpaired) electrons. The van der Waals surface area contributed by atoms with Crippen LogP contribution in [0, 0.1) is 0 Å². The van der Waals surface area contributed by atoms with Crippen molar-refractivity contribution in [1.29, 1.82) is 0 Å². The maximum Gasteiger partial charge on any atom is 0.252 e. The summed E-state index contributed by atoms with van der Waals surface area (Å²) in [5.41, 5.74) is 0.433. The van der Waals surface area contributed by atoms with Crippen LogP contribution in [0.5, 0.6) is 0 Å². The van der Waals surface area contributed by atoms with Gasteiger partial charge in [-0.3, -0.25) is 9.59 Å². The summed E-state index contributed by atoms with van der Waals surface area (Å²) >= 11 is 0. The van der Waals surface area contributed by atoms with Gasteiger partial charge in [-0.2, -0.15) is 0 Å². The van der Waals surface area contributed by atoms with Crippen molar-refractivity contribution >= 4 is 11.8 Å². The predicted octanol–water partition coefficient (Wildman–Crippen LogP) is 0.341. The van der Waals surface area contributed by atoms with Crippen molar-refractivity contribution < 1.29 is 19.1 Å². The third kappa shape index (κ3) is 12.4. The molecule has 0 aromatic rings. The number of nitrogens with one attached hydrogen (secondary N) is 3. The fraction of sp³-hybridized carbons (Fsp3) is 0.625. The molecule has 7 nitrogen and oxygen atoms in total. The smallest absolute Gasteiger partial charge is 0.252 e. The summed E-state index contributed by atoms with van der Waals surface area (Å²) in [6.07, 6.45) is 4.92. The molecule has 0 fully saturated rings. The zero-order valence-electron chi connectivity index (χ0n) is 14.2. The number of ether oxygens (including phenoxy) is 2. The summed E-state index contributed by atoms with van der Waals surface area (Å²) in [6, 6.07) is 0. The molecule has 0 aliphatic rings. The highest BCUT2D eigenvalue weighted by Gasteiger charge is 2.05. The first-order valence-electron chi connectivity index (χ1n) is 7.74. The Hall–Kier alpha value is -1.86. The highest BCUT2D eigenvalue weighted by molar-refractivity contribution is 5.95. The molecule has 0 unspecified atom stereocenters. The second kappa shape index (κ2) is 15.1. The number of hydrogen-bond donors (Lipinski definition) is 3. The van der Waals surface area contributed by atoms with Gasteiger partial charge < -0.3 is 25.4 Å². The lowest BCUT2D eigenvalue weighted by molar-refractivity contribution is -0.121. The van der Waals surface area contributed by atoms with Crippen molar-refractivity contribution in [2.45, 2.75) is 19.3 Å². The lowest BCUT2D eigenvalue weighted by Gasteiger charge is -2.07. The molecule has 0 rings (SSSR count). The first kappa shape index (κ1) is 21.1. The fourth-order valence-corrected chi connectivity index (χ4v) is 1.64. The van der Waals surface area contributed by atoms with Crippen molar-refractivity contribution in [3.8, 4) is 0 Å². The van der Waals surface area contributed by atoms with Crippen LogP contribution in [0.4, 0.5) is 0 Å². The molecular formula is C16H29N3O4. The highest BCUT2D eigenvalue weighted by Crippen LogP contribution is 1.94. The van der Waals surface area contributed by atoms with E-state index in [1.165, 1.54) is 6.08 Å². The van der Waals surface area contributed by atoms with Gasteiger partial charge >= 0.3 is 0 Å². The number of methoxy groups -OCH3 is 2. The van der Waals surface area contributed by atoms with Gasteiger partial charge in [-0.05, 0) is 12.8 Å². The first-order valence-corrected chi connectivity index (χ1v) is 7.74. The van der Waals surface area contributed by atoms with Gasteiger partial charge in [0.05, 0.1) is 5.57 Å². The Bertz CT molecular complexity index is 384. The SMILES string of the molecule is C=C/C(=C\NCCC(=O)NCCCOC)C(=O)NCCCOC. The molecule has 0 aliphatic heterocycles. The molecule has 3 N–H and O–H groups in total. The van der Waals surface area contributed by atoms with Gasteiger partial charge in [0.1, 0.15) is 0 Å². The zero-order valence-corrected chi connectivity index (χ0v) is 14.2. The summed E-state index contributed by atoms with van der Waals surface area (Å²) in [5.74, 6) is -0.237. The third-order valence-corrected chi connectivity index (χ3v) is 2.89.